The molecule has 0 unspecified atom stereocenters. The van der Waals surface area contributed by atoms with Gasteiger partial charge in [0.15, 0.2) is 0 Å². The second kappa shape index (κ2) is 12.7. The first kappa shape index (κ1) is 25.2. The van der Waals surface area contributed by atoms with Crippen molar-refractivity contribution in [3.8, 4) is 11.5 Å². The quantitative estimate of drug-likeness (QED) is 0.494. The smallest absolute Gasteiger partial charge is 0.242 e. The van der Waals surface area contributed by atoms with Gasteiger partial charge < -0.3 is 19.7 Å². The Bertz CT molecular complexity index is 866. The fourth-order valence-electron chi connectivity index (χ4n) is 3.25. The second-order valence-corrected chi connectivity index (χ2v) is 8.07. The number of carbonyl (C=O) groups is 2. The number of rotatable bonds is 12. The first-order valence-electron chi connectivity index (χ1n) is 11.3. The Balaban J connectivity index is 2.00. The molecule has 0 saturated heterocycles. The number of nitrogens with one attached hydrogen (secondary N) is 1. The van der Waals surface area contributed by atoms with E-state index < -0.39 is 6.04 Å². The molecule has 0 spiro atoms. The molecule has 32 heavy (non-hydrogen) atoms. The number of aryl methyl sites for hydroxylation is 1. The van der Waals surface area contributed by atoms with Gasteiger partial charge in [0, 0.05) is 19.0 Å². The van der Waals surface area contributed by atoms with Crippen molar-refractivity contribution in [1.29, 1.82) is 0 Å². The Morgan fingerprint density at radius 3 is 2.31 bits per heavy atom. The predicted molar refractivity (Wildman–Crippen MR) is 127 cm³/mol. The van der Waals surface area contributed by atoms with E-state index in [1.54, 1.807) is 18.9 Å². The molecule has 2 aromatic carbocycles. The molecule has 0 bridgehead atoms. The Kier molecular flexibility index (Phi) is 10.1. The summed E-state index contributed by atoms with van der Waals surface area (Å²) in [7, 11) is 1.62. The fraction of sp³-hybridized carbons (Fsp3) is 0.462. The number of ether oxygens (including phenoxy) is 2. The normalized spacial score (nSPS) is 12.5. The zero-order valence-electron chi connectivity index (χ0n) is 19.9. The van der Waals surface area contributed by atoms with Gasteiger partial charge >= 0.3 is 0 Å². The molecule has 0 aliphatic carbocycles. The van der Waals surface area contributed by atoms with Crippen LogP contribution in [-0.2, 0) is 16.1 Å². The Labute approximate surface area is 191 Å². The average molecular weight is 441 g/mol. The first-order chi connectivity index (χ1) is 15.3. The highest BCUT2D eigenvalue weighted by atomic mass is 16.5. The molecule has 6 nitrogen and oxygen atoms in total. The van der Waals surface area contributed by atoms with Crippen LogP contribution >= 0.6 is 0 Å². The molecule has 0 fully saturated rings. The summed E-state index contributed by atoms with van der Waals surface area (Å²) in [5.74, 6) is 1.31. The molecule has 2 amide bonds. The van der Waals surface area contributed by atoms with E-state index in [4.69, 9.17) is 9.47 Å². The number of nitrogens with zero attached hydrogens (tertiary/aromatic N) is 1. The molecular formula is C26H36N2O4. The van der Waals surface area contributed by atoms with Crippen molar-refractivity contribution in [3.05, 3.63) is 59.7 Å². The Morgan fingerprint density at radius 1 is 1.03 bits per heavy atom. The molecule has 0 aliphatic heterocycles. The van der Waals surface area contributed by atoms with Crippen molar-refractivity contribution in [2.24, 2.45) is 0 Å². The van der Waals surface area contributed by atoms with E-state index in [-0.39, 0.29) is 17.9 Å². The molecule has 1 N–H and O–H groups in total. The summed E-state index contributed by atoms with van der Waals surface area (Å²) in [4.78, 5) is 27.6. The lowest BCUT2D eigenvalue weighted by Crippen LogP contribution is -2.49. The van der Waals surface area contributed by atoms with Gasteiger partial charge in [-0.3, -0.25) is 9.59 Å². The van der Waals surface area contributed by atoms with Crippen LogP contribution in [0.4, 0.5) is 0 Å². The van der Waals surface area contributed by atoms with E-state index in [2.05, 4.69) is 5.32 Å². The molecule has 0 aromatic heterocycles. The van der Waals surface area contributed by atoms with Crippen molar-refractivity contribution >= 4 is 11.8 Å². The lowest BCUT2D eigenvalue weighted by atomic mass is 10.1. The summed E-state index contributed by atoms with van der Waals surface area (Å²) in [6, 6.07) is 14.8. The van der Waals surface area contributed by atoms with Crippen LogP contribution in [0, 0.1) is 6.92 Å². The standard InChI is InChI=1S/C26H36N2O4/c1-6-20(3)27-26(30)21(4)28(18-22-11-8-7-10-19(22)2)25(29)12-9-17-32-24-15-13-23(31-5)14-16-24/h7-8,10-11,13-16,20-21H,6,9,12,17-18H2,1-5H3,(H,27,30)/t20-,21+/m0/s1. The molecule has 2 aromatic rings. The van der Waals surface area contributed by atoms with Crippen LogP contribution in [0.3, 0.4) is 0 Å². The van der Waals surface area contributed by atoms with Crippen LogP contribution in [0.5, 0.6) is 11.5 Å². The molecule has 0 heterocycles. The SMILES string of the molecule is CC[C@H](C)NC(=O)[C@@H](C)N(Cc1ccccc1C)C(=O)CCCOc1ccc(OC)cc1. The molecule has 2 rings (SSSR count). The third-order valence-corrected chi connectivity index (χ3v) is 5.63. The van der Waals surface area contributed by atoms with Crippen LogP contribution in [0.25, 0.3) is 0 Å². The molecule has 0 radical (unpaired) electrons. The molecule has 6 heteroatoms. The summed E-state index contributed by atoms with van der Waals surface area (Å²) in [6.45, 7) is 8.62. The monoisotopic (exact) mass is 440 g/mol. The molecule has 2 atom stereocenters. The van der Waals surface area contributed by atoms with Gasteiger partial charge in [0.1, 0.15) is 17.5 Å². The predicted octanol–water partition coefficient (Wildman–Crippen LogP) is 4.49. The number of hydrogen-bond donors (Lipinski definition) is 1. The summed E-state index contributed by atoms with van der Waals surface area (Å²) >= 11 is 0. The number of carbonyl (C=O) groups excluding carboxylic acids is 2. The third kappa shape index (κ3) is 7.59. The fourth-order valence-corrected chi connectivity index (χ4v) is 3.25. The molecule has 174 valence electrons. The third-order valence-electron chi connectivity index (χ3n) is 5.63. The van der Waals surface area contributed by atoms with Gasteiger partial charge in [0.05, 0.1) is 13.7 Å². The lowest BCUT2D eigenvalue weighted by molar-refractivity contribution is -0.141. The number of methoxy groups -OCH3 is 1. The minimum absolute atomic E-state index is 0.0571. The highest BCUT2D eigenvalue weighted by Gasteiger charge is 2.26. The van der Waals surface area contributed by atoms with Crippen molar-refractivity contribution in [1.82, 2.24) is 10.2 Å². The maximum Gasteiger partial charge on any atom is 0.242 e. The van der Waals surface area contributed by atoms with Crippen molar-refractivity contribution < 1.29 is 19.1 Å². The largest absolute Gasteiger partial charge is 0.497 e. The van der Waals surface area contributed by atoms with Crippen LogP contribution in [-0.4, -0.2) is 42.5 Å². The zero-order chi connectivity index (χ0) is 23.5. The Morgan fingerprint density at radius 2 is 1.69 bits per heavy atom. The molecule has 0 saturated carbocycles. The van der Waals surface area contributed by atoms with Crippen LogP contribution in [0.1, 0.15) is 51.2 Å². The van der Waals surface area contributed by atoms with Crippen LogP contribution in [0.2, 0.25) is 0 Å². The summed E-state index contributed by atoms with van der Waals surface area (Å²) in [6.07, 6.45) is 1.71. The minimum Gasteiger partial charge on any atom is -0.497 e. The average Bonchev–Trinajstić information content (AvgIpc) is 2.80. The van der Waals surface area contributed by atoms with E-state index in [0.717, 1.165) is 29.0 Å². The van der Waals surface area contributed by atoms with Gasteiger partial charge in [0.2, 0.25) is 11.8 Å². The van der Waals surface area contributed by atoms with E-state index in [9.17, 15) is 9.59 Å². The summed E-state index contributed by atoms with van der Waals surface area (Å²) < 4.78 is 10.9. The van der Waals surface area contributed by atoms with Gasteiger partial charge in [0.25, 0.3) is 0 Å². The highest BCUT2D eigenvalue weighted by Crippen LogP contribution is 2.18. The van der Waals surface area contributed by atoms with E-state index in [0.29, 0.717) is 26.0 Å². The summed E-state index contributed by atoms with van der Waals surface area (Å²) in [5.41, 5.74) is 2.14. The molecular weight excluding hydrogens is 404 g/mol. The maximum atomic E-state index is 13.1. The van der Waals surface area contributed by atoms with E-state index in [1.807, 2.05) is 69.3 Å². The highest BCUT2D eigenvalue weighted by molar-refractivity contribution is 5.87. The number of benzene rings is 2. The van der Waals surface area contributed by atoms with Gasteiger partial charge in [-0.05, 0) is 69.0 Å². The van der Waals surface area contributed by atoms with Crippen molar-refractivity contribution in [3.63, 3.8) is 0 Å². The maximum absolute atomic E-state index is 13.1. The number of hydrogen-bond acceptors (Lipinski definition) is 4. The van der Waals surface area contributed by atoms with E-state index in [1.165, 1.54) is 0 Å². The van der Waals surface area contributed by atoms with Gasteiger partial charge in [-0.25, -0.2) is 0 Å². The second-order valence-electron chi connectivity index (χ2n) is 8.07. The van der Waals surface area contributed by atoms with Crippen molar-refractivity contribution in [2.45, 2.75) is 65.6 Å². The molecule has 0 aliphatic rings. The topological polar surface area (TPSA) is 67.9 Å². The Hall–Kier alpha value is -3.02. The van der Waals surface area contributed by atoms with Gasteiger partial charge in [-0.2, -0.15) is 0 Å². The minimum atomic E-state index is -0.557. The number of amides is 2. The van der Waals surface area contributed by atoms with E-state index >= 15 is 0 Å². The van der Waals surface area contributed by atoms with Crippen LogP contribution < -0.4 is 14.8 Å². The summed E-state index contributed by atoms with van der Waals surface area (Å²) in [5, 5.41) is 3.00. The van der Waals surface area contributed by atoms with Gasteiger partial charge in [-0.1, -0.05) is 31.2 Å². The van der Waals surface area contributed by atoms with Crippen molar-refractivity contribution in [2.75, 3.05) is 13.7 Å². The lowest BCUT2D eigenvalue weighted by Gasteiger charge is -2.30. The zero-order valence-corrected chi connectivity index (χ0v) is 19.9. The first-order valence-corrected chi connectivity index (χ1v) is 11.3. The van der Waals surface area contributed by atoms with Gasteiger partial charge in [-0.15, -0.1) is 0 Å². The van der Waals surface area contributed by atoms with Crippen LogP contribution in [0.15, 0.2) is 48.5 Å².